The number of aromatic amines is 1. The summed E-state index contributed by atoms with van der Waals surface area (Å²) in [6, 6.07) is 8.14. The molecular weight excluding hydrogens is 314 g/mol. The van der Waals surface area contributed by atoms with Crippen LogP contribution in [0.4, 0.5) is 5.69 Å². The Morgan fingerprint density at radius 1 is 1.24 bits per heavy atom. The number of nitrogens with one attached hydrogen (secondary N) is 2. The zero-order valence-corrected chi connectivity index (χ0v) is 15.5. The summed E-state index contributed by atoms with van der Waals surface area (Å²) in [5.74, 6) is -0.101. The van der Waals surface area contributed by atoms with Crippen molar-refractivity contribution in [3.8, 4) is 0 Å². The molecule has 1 amide bonds. The molecule has 0 saturated carbocycles. The Morgan fingerprint density at radius 2 is 1.92 bits per heavy atom. The molecule has 1 aromatic carbocycles. The van der Waals surface area contributed by atoms with Gasteiger partial charge in [-0.05, 0) is 57.4 Å². The van der Waals surface area contributed by atoms with Gasteiger partial charge in [0.25, 0.3) is 0 Å². The second-order valence-electron chi connectivity index (χ2n) is 5.97. The summed E-state index contributed by atoms with van der Waals surface area (Å²) < 4.78 is 0. The van der Waals surface area contributed by atoms with Crippen LogP contribution < -0.4 is 10.3 Å². The van der Waals surface area contributed by atoms with Crippen LogP contribution in [0.1, 0.15) is 42.8 Å². The van der Waals surface area contributed by atoms with E-state index in [0.29, 0.717) is 12.8 Å². The Balaban J connectivity index is 1.83. The maximum Gasteiger partial charge on any atom is 0.240 e. The van der Waals surface area contributed by atoms with E-state index >= 15 is 0 Å². The molecule has 0 bridgehead atoms. The first-order valence-electron chi connectivity index (χ1n) is 8.72. The molecule has 2 N–H and O–H groups in total. The Hall–Kier alpha value is -2.63. The zero-order valence-electron chi connectivity index (χ0n) is 15.5. The molecule has 6 nitrogen and oxygen atoms in total. The number of benzene rings is 1. The number of aryl methyl sites for hydroxylation is 2. The van der Waals surface area contributed by atoms with Gasteiger partial charge in [-0.1, -0.05) is 12.1 Å². The summed E-state index contributed by atoms with van der Waals surface area (Å²) in [4.78, 5) is 14.2. The van der Waals surface area contributed by atoms with Crippen LogP contribution in [0.15, 0.2) is 29.4 Å². The fourth-order valence-corrected chi connectivity index (χ4v) is 2.78. The number of carbonyl (C=O) groups is 1. The van der Waals surface area contributed by atoms with Crippen molar-refractivity contribution in [2.75, 3.05) is 18.0 Å². The van der Waals surface area contributed by atoms with E-state index in [1.54, 1.807) is 6.21 Å². The van der Waals surface area contributed by atoms with Gasteiger partial charge in [-0.2, -0.15) is 10.2 Å². The Labute approximate surface area is 149 Å². The molecule has 25 heavy (non-hydrogen) atoms. The Kier molecular flexibility index (Phi) is 6.74. The van der Waals surface area contributed by atoms with E-state index in [-0.39, 0.29) is 5.91 Å². The summed E-state index contributed by atoms with van der Waals surface area (Å²) in [5.41, 5.74) is 7.79. The zero-order chi connectivity index (χ0) is 18.2. The molecule has 0 saturated heterocycles. The Bertz CT molecular complexity index is 694. The van der Waals surface area contributed by atoms with E-state index in [9.17, 15) is 4.79 Å². The molecular formula is C19H27N5O. The van der Waals surface area contributed by atoms with Crippen molar-refractivity contribution in [1.82, 2.24) is 15.6 Å². The molecule has 0 aliphatic rings. The van der Waals surface area contributed by atoms with Crippen molar-refractivity contribution in [3.05, 3.63) is 46.8 Å². The number of hydrogen-bond donors (Lipinski definition) is 2. The standard InChI is InChI=1S/C19H27N5O/c1-5-24(6-2)17-9-7-16(8-10-17)13-20-23-19(25)12-11-18-14(3)21-22-15(18)4/h7-10,13H,5-6,11-12H2,1-4H3,(H,21,22)(H,23,25)/b20-13+. The average Bonchev–Trinajstić information content (AvgIpc) is 2.93. The monoisotopic (exact) mass is 341 g/mol. The van der Waals surface area contributed by atoms with Crippen molar-refractivity contribution < 1.29 is 4.79 Å². The molecule has 1 aromatic heterocycles. The molecule has 0 atom stereocenters. The lowest BCUT2D eigenvalue weighted by atomic mass is 10.1. The minimum Gasteiger partial charge on any atom is -0.372 e. The number of carbonyl (C=O) groups excluding carboxylic acids is 1. The minimum atomic E-state index is -0.101. The highest BCUT2D eigenvalue weighted by Crippen LogP contribution is 2.14. The van der Waals surface area contributed by atoms with E-state index in [2.05, 4.69) is 51.6 Å². The third-order valence-electron chi connectivity index (χ3n) is 4.31. The van der Waals surface area contributed by atoms with E-state index in [4.69, 9.17) is 0 Å². The molecule has 2 aromatic rings. The van der Waals surface area contributed by atoms with Crippen LogP contribution >= 0.6 is 0 Å². The van der Waals surface area contributed by atoms with Gasteiger partial charge in [-0.15, -0.1) is 0 Å². The van der Waals surface area contributed by atoms with Gasteiger partial charge in [0.15, 0.2) is 0 Å². The molecule has 1 heterocycles. The fourth-order valence-electron chi connectivity index (χ4n) is 2.78. The SMILES string of the molecule is CCN(CC)c1ccc(/C=N/NC(=O)CCc2c(C)n[nH]c2C)cc1. The summed E-state index contributed by atoms with van der Waals surface area (Å²) in [7, 11) is 0. The second-order valence-corrected chi connectivity index (χ2v) is 5.97. The van der Waals surface area contributed by atoms with Crippen molar-refractivity contribution in [1.29, 1.82) is 0 Å². The number of nitrogens with zero attached hydrogens (tertiary/aromatic N) is 3. The van der Waals surface area contributed by atoms with Gasteiger partial charge in [0.2, 0.25) is 5.91 Å². The number of aromatic nitrogens is 2. The molecule has 0 unspecified atom stereocenters. The van der Waals surface area contributed by atoms with Crippen LogP contribution in [0.3, 0.4) is 0 Å². The summed E-state index contributed by atoms with van der Waals surface area (Å²) in [6.45, 7) is 10.1. The number of H-pyrrole nitrogens is 1. The number of amides is 1. The van der Waals surface area contributed by atoms with Gasteiger partial charge in [0, 0.05) is 30.9 Å². The number of anilines is 1. The number of hydrazone groups is 1. The predicted molar refractivity (Wildman–Crippen MR) is 102 cm³/mol. The number of rotatable bonds is 8. The Morgan fingerprint density at radius 3 is 2.48 bits per heavy atom. The van der Waals surface area contributed by atoms with Gasteiger partial charge in [0.1, 0.15) is 0 Å². The molecule has 0 radical (unpaired) electrons. The molecule has 0 aliphatic carbocycles. The highest BCUT2D eigenvalue weighted by molar-refractivity contribution is 5.83. The van der Waals surface area contributed by atoms with Crippen LogP contribution in [-0.4, -0.2) is 35.4 Å². The minimum absolute atomic E-state index is 0.101. The first kappa shape index (κ1) is 18.7. The van der Waals surface area contributed by atoms with E-state index < -0.39 is 0 Å². The maximum absolute atomic E-state index is 11.9. The summed E-state index contributed by atoms with van der Waals surface area (Å²) in [6.07, 6.45) is 2.71. The first-order valence-corrected chi connectivity index (χ1v) is 8.72. The van der Waals surface area contributed by atoms with Gasteiger partial charge < -0.3 is 4.90 Å². The normalized spacial score (nSPS) is 11.0. The highest BCUT2D eigenvalue weighted by atomic mass is 16.2. The van der Waals surface area contributed by atoms with E-state index in [0.717, 1.165) is 35.6 Å². The molecule has 2 rings (SSSR count). The van der Waals surface area contributed by atoms with Crippen LogP contribution in [0, 0.1) is 13.8 Å². The van der Waals surface area contributed by atoms with Gasteiger partial charge in [-0.25, -0.2) is 5.43 Å². The van der Waals surface area contributed by atoms with Crippen LogP contribution in [0.2, 0.25) is 0 Å². The molecule has 0 aliphatic heterocycles. The van der Waals surface area contributed by atoms with Crippen LogP contribution in [-0.2, 0) is 11.2 Å². The first-order chi connectivity index (χ1) is 12.0. The van der Waals surface area contributed by atoms with Gasteiger partial charge >= 0.3 is 0 Å². The third-order valence-corrected chi connectivity index (χ3v) is 4.31. The average molecular weight is 341 g/mol. The second kappa shape index (κ2) is 9.01. The highest BCUT2D eigenvalue weighted by Gasteiger charge is 2.08. The molecule has 134 valence electrons. The van der Waals surface area contributed by atoms with Crippen LogP contribution in [0.25, 0.3) is 0 Å². The van der Waals surface area contributed by atoms with Crippen molar-refractivity contribution in [3.63, 3.8) is 0 Å². The smallest absolute Gasteiger partial charge is 0.240 e. The van der Waals surface area contributed by atoms with E-state index in [1.807, 2.05) is 26.0 Å². The third kappa shape index (κ3) is 5.17. The summed E-state index contributed by atoms with van der Waals surface area (Å²) in [5, 5.41) is 11.1. The predicted octanol–water partition coefficient (Wildman–Crippen LogP) is 2.96. The number of hydrogen-bond acceptors (Lipinski definition) is 4. The largest absolute Gasteiger partial charge is 0.372 e. The lowest BCUT2D eigenvalue weighted by Gasteiger charge is -2.20. The quantitative estimate of drug-likeness (QED) is 0.573. The van der Waals surface area contributed by atoms with Crippen molar-refractivity contribution in [2.24, 2.45) is 5.10 Å². The molecule has 0 spiro atoms. The lowest BCUT2D eigenvalue weighted by molar-refractivity contribution is -0.121. The maximum atomic E-state index is 11.9. The van der Waals surface area contributed by atoms with Gasteiger partial charge in [-0.3, -0.25) is 9.89 Å². The lowest BCUT2D eigenvalue weighted by Crippen LogP contribution is -2.21. The topological polar surface area (TPSA) is 73.4 Å². The fraction of sp³-hybridized carbons (Fsp3) is 0.421. The molecule has 0 fully saturated rings. The van der Waals surface area contributed by atoms with Crippen LogP contribution in [0.5, 0.6) is 0 Å². The molecule has 6 heteroatoms. The summed E-state index contributed by atoms with van der Waals surface area (Å²) >= 11 is 0. The van der Waals surface area contributed by atoms with Crippen molar-refractivity contribution in [2.45, 2.75) is 40.5 Å². The van der Waals surface area contributed by atoms with E-state index in [1.165, 1.54) is 5.69 Å². The van der Waals surface area contributed by atoms with Gasteiger partial charge in [0.05, 0.1) is 11.9 Å². The van der Waals surface area contributed by atoms with Crippen molar-refractivity contribution >= 4 is 17.8 Å².